The van der Waals surface area contributed by atoms with Crippen LogP contribution in [-0.4, -0.2) is 25.9 Å². The zero-order chi connectivity index (χ0) is 18.0. The van der Waals surface area contributed by atoms with Crippen molar-refractivity contribution >= 4 is 10.0 Å². The predicted octanol–water partition coefficient (Wildman–Crippen LogP) is 3.70. The van der Waals surface area contributed by atoms with Crippen molar-refractivity contribution in [1.29, 1.82) is 0 Å². The Kier molecular flexibility index (Phi) is 5.01. The monoisotopic (exact) mass is 371 g/mol. The molecule has 4 nitrogen and oxygen atoms in total. The molecule has 2 aromatic rings. The van der Waals surface area contributed by atoms with Gasteiger partial charge < -0.3 is 4.74 Å². The number of hydrogen-bond donors (Lipinski definition) is 0. The van der Waals surface area contributed by atoms with Gasteiger partial charge in [0.25, 0.3) is 0 Å². The average Bonchev–Trinajstić information content (AvgIpc) is 2.85. The Balaban J connectivity index is 1.86. The highest BCUT2D eigenvalue weighted by molar-refractivity contribution is 7.89. The molecule has 0 aromatic heterocycles. The Labute approximate surface area is 143 Å². The third kappa shape index (κ3) is 3.80. The lowest BCUT2D eigenvalue weighted by Crippen LogP contribution is -2.26. The van der Waals surface area contributed by atoms with Crippen LogP contribution in [-0.2, 0) is 16.6 Å². The molecule has 0 N–H and O–H groups in total. The molecule has 3 rings (SSSR count). The first-order valence-corrected chi connectivity index (χ1v) is 9.15. The highest BCUT2D eigenvalue weighted by Gasteiger charge is 2.39. The van der Waals surface area contributed by atoms with E-state index in [9.17, 15) is 21.6 Å². The Morgan fingerprint density at radius 3 is 2.56 bits per heavy atom. The summed E-state index contributed by atoms with van der Waals surface area (Å²) in [6.07, 6.45) is 0.382. The lowest BCUT2D eigenvalue weighted by Gasteiger charge is -2.19. The van der Waals surface area contributed by atoms with Crippen molar-refractivity contribution in [2.45, 2.75) is 24.8 Å². The Bertz CT molecular complexity index is 843. The summed E-state index contributed by atoms with van der Waals surface area (Å²) in [5.41, 5.74) is 0.742. The smallest absolute Gasteiger partial charge is 0.387 e. The molecule has 0 spiro atoms. The second-order valence-electron chi connectivity index (χ2n) is 5.70. The van der Waals surface area contributed by atoms with Crippen molar-refractivity contribution in [2.24, 2.45) is 0 Å². The molecule has 1 heterocycles. The van der Waals surface area contributed by atoms with E-state index < -0.39 is 27.7 Å². The van der Waals surface area contributed by atoms with Gasteiger partial charge in [0.2, 0.25) is 10.0 Å². The summed E-state index contributed by atoms with van der Waals surface area (Å²) in [5, 5.41) is -0.693. The third-order valence-electron chi connectivity index (χ3n) is 4.12. The van der Waals surface area contributed by atoms with Crippen molar-refractivity contribution in [3.63, 3.8) is 0 Å². The fraction of sp³-hybridized carbons (Fsp3) is 0.294. The van der Waals surface area contributed by atoms with E-state index in [1.54, 1.807) is 30.3 Å². The van der Waals surface area contributed by atoms with Gasteiger partial charge in [-0.2, -0.15) is 13.1 Å². The van der Waals surface area contributed by atoms with E-state index in [1.807, 2.05) is 0 Å². The van der Waals surface area contributed by atoms with E-state index in [2.05, 4.69) is 4.74 Å². The molecule has 1 aliphatic heterocycles. The molecular weight excluding hydrogens is 355 g/mol. The molecule has 0 radical (unpaired) electrons. The lowest BCUT2D eigenvalue weighted by atomic mass is 10.1. The number of rotatable bonds is 5. The van der Waals surface area contributed by atoms with Crippen LogP contribution in [0.4, 0.5) is 13.2 Å². The van der Waals surface area contributed by atoms with Crippen LogP contribution in [0, 0.1) is 5.82 Å². The molecule has 25 heavy (non-hydrogen) atoms. The minimum absolute atomic E-state index is 0.0672. The van der Waals surface area contributed by atoms with E-state index in [4.69, 9.17) is 0 Å². The first-order chi connectivity index (χ1) is 11.9. The normalized spacial score (nSPS) is 20.1. The number of nitrogens with zero attached hydrogens (tertiary/aromatic N) is 1. The zero-order valence-corrected chi connectivity index (χ0v) is 13.9. The van der Waals surface area contributed by atoms with E-state index >= 15 is 0 Å². The fourth-order valence-electron chi connectivity index (χ4n) is 2.97. The molecule has 1 fully saturated rings. The van der Waals surface area contributed by atoms with Crippen LogP contribution < -0.4 is 4.74 Å². The highest BCUT2D eigenvalue weighted by Crippen LogP contribution is 2.37. The van der Waals surface area contributed by atoms with Gasteiger partial charge in [-0.05, 0) is 30.2 Å². The molecule has 2 aromatic carbocycles. The van der Waals surface area contributed by atoms with E-state index in [0.29, 0.717) is 12.0 Å². The van der Waals surface area contributed by atoms with Crippen LogP contribution in [0.1, 0.15) is 22.8 Å². The van der Waals surface area contributed by atoms with Crippen LogP contribution in [0.2, 0.25) is 0 Å². The molecule has 0 unspecified atom stereocenters. The molecule has 0 saturated carbocycles. The van der Waals surface area contributed by atoms with Gasteiger partial charge in [0, 0.05) is 18.7 Å². The van der Waals surface area contributed by atoms with Crippen molar-refractivity contribution in [3.8, 4) is 5.75 Å². The topological polar surface area (TPSA) is 46.6 Å². The fourth-order valence-corrected chi connectivity index (χ4v) is 4.91. The van der Waals surface area contributed by atoms with Gasteiger partial charge in [-0.1, -0.05) is 30.3 Å². The maximum atomic E-state index is 13.5. The highest BCUT2D eigenvalue weighted by atomic mass is 32.2. The van der Waals surface area contributed by atoms with Crippen molar-refractivity contribution in [1.82, 2.24) is 4.31 Å². The summed E-state index contributed by atoms with van der Waals surface area (Å²) in [4.78, 5) is 0. The predicted molar refractivity (Wildman–Crippen MR) is 86.2 cm³/mol. The SMILES string of the molecule is O=S1(=O)[C@H](c2ccccc2)CCN1Cc1cc(F)ccc1OC(F)F. The van der Waals surface area contributed by atoms with Crippen LogP contribution >= 0.6 is 0 Å². The van der Waals surface area contributed by atoms with Gasteiger partial charge in [0.15, 0.2) is 0 Å². The molecule has 1 saturated heterocycles. The average molecular weight is 371 g/mol. The standard InChI is InChI=1S/C17H16F3NO3S/c18-14-6-7-15(24-17(19)20)13(10-14)11-21-9-8-16(25(21,22)23)12-4-2-1-3-5-12/h1-7,10,16-17H,8-9,11H2/t16-/m0/s1. The van der Waals surface area contributed by atoms with Gasteiger partial charge in [-0.25, -0.2) is 12.8 Å². The summed E-state index contributed by atoms with van der Waals surface area (Å²) < 4.78 is 69.6. The Morgan fingerprint density at radius 2 is 1.88 bits per heavy atom. The number of halogens is 3. The van der Waals surface area contributed by atoms with Crippen LogP contribution in [0.3, 0.4) is 0 Å². The number of hydrogen-bond acceptors (Lipinski definition) is 3. The maximum absolute atomic E-state index is 13.5. The molecule has 8 heteroatoms. The summed E-state index contributed by atoms with van der Waals surface area (Å²) in [5.74, 6) is -0.873. The van der Waals surface area contributed by atoms with Gasteiger partial charge >= 0.3 is 6.61 Å². The van der Waals surface area contributed by atoms with Gasteiger partial charge in [0.05, 0.1) is 0 Å². The molecule has 1 aliphatic rings. The van der Waals surface area contributed by atoms with Gasteiger partial charge in [-0.15, -0.1) is 0 Å². The van der Waals surface area contributed by atoms with Crippen molar-refractivity contribution < 1.29 is 26.3 Å². The largest absolute Gasteiger partial charge is 0.434 e. The second-order valence-corrected chi connectivity index (χ2v) is 7.81. The van der Waals surface area contributed by atoms with Gasteiger partial charge in [-0.3, -0.25) is 0 Å². The number of alkyl halides is 2. The number of benzene rings is 2. The minimum atomic E-state index is -3.67. The first kappa shape index (κ1) is 17.8. The minimum Gasteiger partial charge on any atom is -0.434 e. The molecule has 1 atom stereocenters. The number of sulfonamides is 1. The van der Waals surface area contributed by atoms with Crippen LogP contribution in [0.15, 0.2) is 48.5 Å². The molecule has 0 aliphatic carbocycles. The second kappa shape index (κ2) is 7.05. The zero-order valence-electron chi connectivity index (χ0n) is 13.1. The Hall–Kier alpha value is -2.06. The Morgan fingerprint density at radius 1 is 1.16 bits per heavy atom. The summed E-state index contributed by atoms with van der Waals surface area (Å²) in [6, 6.07) is 11.9. The summed E-state index contributed by atoms with van der Waals surface area (Å²) in [6.45, 7) is -3.06. The third-order valence-corrected chi connectivity index (χ3v) is 6.38. The van der Waals surface area contributed by atoms with Crippen molar-refractivity contribution in [2.75, 3.05) is 6.54 Å². The molecule has 134 valence electrons. The van der Waals surface area contributed by atoms with Crippen molar-refractivity contribution in [3.05, 3.63) is 65.5 Å². The summed E-state index contributed by atoms with van der Waals surface area (Å²) >= 11 is 0. The van der Waals surface area contributed by atoms with Crippen LogP contribution in [0.5, 0.6) is 5.75 Å². The van der Waals surface area contributed by atoms with Crippen LogP contribution in [0.25, 0.3) is 0 Å². The first-order valence-electron chi connectivity index (χ1n) is 7.65. The van der Waals surface area contributed by atoms with E-state index in [1.165, 1.54) is 4.31 Å². The number of ether oxygens (including phenoxy) is 1. The van der Waals surface area contributed by atoms with Gasteiger partial charge in [0.1, 0.15) is 16.8 Å². The maximum Gasteiger partial charge on any atom is 0.387 e. The molecular formula is C17H16F3NO3S. The quantitative estimate of drug-likeness (QED) is 0.805. The summed E-state index contributed by atoms with van der Waals surface area (Å²) in [7, 11) is -3.67. The van der Waals surface area contributed by atoms with E-state index in [-0.39, 0.29) is 24.4 Å². The lowest BCUT2D eigenvalue weighted by molar-refractivity contribution is -0.0506. The van der Waals surface area contributed by atoms with E-state index in [0.717, 1.165) is 18.2 Å². The molecule has 0 amide bonds. The molecule has 0 bridgehead atoms.